The van der Waals surface area contributed by atoms with Crippen LogP contribution in [0.25, 0.3) is 11.3 Å². The molecule has 3 aliphatic rings. The fourth-order valence-corrected chi connectivity index (χ4v) is 6.15. The summed E-state index contributed by atoms with van der Waals surface area (Å²) >= 11 is 6.35. The van der Waals surface area contributed by atoms with Crippen molar-refractivity contribution in [3.05, 3.63) is 64.1 Å². The first-order valence-corrected chi connectivity index (χ1v) is 13.3. The molecule has 3 fully saturated rings. The first kappa shape index (κ1) is 26.5. The number of fused-ring (bicyclic) bond motifs is 2. The Labute approximate surface area is 231 Å². The van der Waals surface area contributed by atoms with E-state index >= 15 is 0 Å². The van der Waals surface area contributed by atoms with Crippen molar-refractivity contribution in [1.82, 2.24) is 5.16 Å². The number of carboxylic acid groups (broad SMARTS) is 1. The number of benzene rings is 2. The maximum absolute atomic E-state index is 14.9. The van der Waals surface area contributed by atoms with Gasteiger partial charge < -0.3 is 24.0 Å². The minimum Gasteiger partial charge on any atom is -0.478 e. The average Bonchev–Trinajstić information content (AvgIpc) is 3.59. The van der Waals surface area contributed by atoms with Crippen LogP contribution in [-0.4, -0.2) is 47.0 Å². The second-order valence-corrected chi connectivity index (χ2v) is 10.7. The van der Waals surface area contributed by atoms with Gasteiger partial charge in [0.15, 0.2) is 5.76 Å². The van der Waals surface area contributed by atoms with Gasteiger partial charge in [-0.25, -0.2) is 14.0 Å². The van der Waals surface area contributed by atoms with Crippen molar-refractivity contribution in [3.63, 3.8) is 0 Å². The number of carbonyl (C=O) groups is 2. The molecule has 8 nitrogen and oxygen atoms in total. The van der Waals surface area contributed by atoms with Crippen LogP contribution in [0.5, 0.6) is 5.75 Å². The van der Waals surface area contributed by atoms with Crippen LogP contribution < -0.4 is 9.64 Å². The normalized spacial score (nSPS) is 22.0. The maximum atomic E-state index is 14.9. The van der Waals surface area contributed by atoms with Crippen molar-refractivity contribution in [2.45, 2.75) is 69.2 Å². The van der Waals surface area contributed by atoms with E-state index in [1.807, 2.05) is 4.90 Å². The van der Waals surface area contributed by atoms with Gasteiger partial charge in [-0.3, -0.25) is 0 Å². The lowest BCUT2D eigenvalue weighted by Crippen LogP contribution is -2.46. The molecule has 2 saturated heterocycles. The van der Waals surface area contributed by atoms with Crippen molar-refractivity contribution in [3.8, 4) is 17.0 Å². The Morgan fingerprint density at radius 3 is 2.45 bits per heavy atom. The van der Waals surface area contributed by atoms with Gasteiger partial charge >= 0.3 is 18.6 Å². The highest BCUT2D eigenvalue weighted by Gasteiger charge is 2.44. The molecule has 3 aromatic rings. The monoisotopic (exact) mass is 576 g/mol. The molecule has 1 aromatic heterocycles. The zero-order valence-electron chi connectivity index (χ0n) is 21.0. The molecule has 0 radical (unpaired) electrons. The van der Waals surface area contributed by atoms with Gasteiger partial charge in [0.1, 0.15) is 28.9 Å². The van der Waals surface area contributed by atoms with Crippen LogP contribution in [0.1, 0.15) is 70.9 Å². The van der Waals surface area contributed by atoms with E-state index in [-0.39, 0.29) is 51.2 Å². The molecule has 40 heavy (non-hydrogen) atoms. The largest absolute Gasteiger partial charge is 0.478 e. The van der Waals surface area contributed by atoms with Gasteiger partial charge in [0.25, 0.3) is 0 Å². The summed E-state index contributed by atoms with van der Waals surface area (Å²) in [7, 11) is 0. The number of nitrogens with zero attached hydrogens (tertiary/aromatic N) is 2. The topological polar surface area (TPSA) is 102 Å². The first-order chi connectivity index (χ1) is 19.2. The molecule has 2 aromatic carbocycles. The standard InChI is InChI=1S/C28H24ClF3N2O6/c29-18-2-1-3-21(39-28(31)32)22(18)24-23(25(40-33-24)13-4-5-13)27(37)38-17-11-15-7-8-16(12-17)34(15)20-9-6-14(26(35)36)10-19(20)30/h1-3,6,9-10,13,15-17,28H,4-5,7-8,11-12H2,(H,35,36). The Morgan fingerprint density at radius 2 is 1.82 bits per heavy atom. The zero-order valence-corrected chi connectivity index (χ0v) is 21.7. The van der Waals surface area contributed by atoms with Gasteiger partial charge in [-0.15, -0.1) is 0 Å². The third kappa shape index (κ3) is 4.87. The second kappa shape index (κ2) is 10.3. The van der Waals surface area contributed by atoms with Crippen LogP contribution in [0.4, 0.5) is 18.9 Å². The van der Waals surface area contributed by atoms with Crippen LogP contribution in [0.15, 0.2) is 40.9 Å². The van der Waals surface area contributed by atoms with Crippen LogP contribution in [0.2, 0.25) is 5.02 Å². The molecule has 0 spiro atoms. The molecular weight excluding hydrogens is 553 g/mol. The highest BCUT2D eigenvalue weighted by molar-refractivity contribution is 6.33. The molecule has 2 aliphatic heterocycles. The highest BCUT2D eigenvalue weighted by Crippen LogP contribution is 2.47. The molecule has 1 N–H and O–H groups in total. The predicted molar refractivity (Wildman–Crippen MR) is 137 cm³/mol. The Balaban J connectivity index is 1.26. The minimum absolute atomic E-state index is 0.0160. The summed E-state index contributed by atoms with van der Waals surface area (Å²) in [4.78, 5) is 26.8. The van der Waals surface area contributed by atoms with Gasteiger partial charge in [-0.05, 0) is 56.0 Å². The summed E-state index contributed by atoms with van der Waals surface area (Å²) in [6, 6.07) is 7.88. The second-order valence-electron chi connectivity index (χ2n) is 10.3. The van der Waals surface area contributed by atoms with Crippen molar-refractivity contribution in [1.29, 1.82) is 0 Å². The number of piperidine rings is 1. The molecular formula is C28H24ClF3N2O6. The lowest BCUT2D eigenvalue weighted by atomic mass is 9.98. The van der Waals surface area contributed by atoms with E-state index in [1.54, 1.807) is 0 Å². The summed E-state index contributed by atoms with van der Waals surface area (Å²) < 4.78 is 57.2. The zero-order chi connectivity index (χ0) is 28.1. The number of hydrogen-bond acceptors (Lipinski definition) is 7. The molecule has 0 amide bonds. The predicted octanol–water partition coefficient (Wildman–Crippen LogP) is 6.67. The average molecular weight is 577 g/mol. The smallest absolute Gasteiger partial charge is 0.387 e. The summed E-state index contributed by atoms with van der Waals surface area (Å²) in [5.41, 5.74) is 0.232. The molecule has 1 saturated carbocycles. The van der Waals surface area contributed by atoms with Crippen LogP contribution in [0.3, 0.4) is 0 Å². The number of ether oxygens (including phenoxy) is 2. The molecule has 3 heterocycles. The third-order valence-electron chi connectivity index (χ3n) is 7.74. The molecule has 2 bridgehead atoms. The number of rotatable bonds is 8. The number of alkyl halides is 2. The summed E-state index contributed by atoms with van der Waals surface area (Å²) in [6.45, 7) is -3.12. The minimum atomic E-state index is -3.12. The number of hydrogen-bond donors (Lipinski definition) is 1. The lowest BCUT2D eigenvalue weighted by molar-refractivity contribution is -0.0494. The van der Waals surface area contributed by atoms with Gasteiger partial charge in [0.2, 0.25) is 0 Å². The molecule has 210 valence electrons. The van der Waals surface area contributed by atoms with E-state index < -0.39 is 30.5 Å². The molecule has 2 atom stereocenters. The lowest BCUT2D eigenvalue weighted by Gasteiger charge is -2.40. The fraction of sp³-hybridized carbons (Fsp3) is 0.393. The van der Waals surface area contributed by atoms with E-state index in [0.717, 1.165) is 31.7 Å². The SMILES string of the molecule is O=C(O)c1ccc(N2C3CCC2CC(OC(=O)c2c(-c4c(Cl)cccc4OC(F)F)noc2C2CC2)C3)c(F)c1. The van der Waals surface area contributed by atoms with Crippen LogP contribution in [0, 0.1) is 5.82 Å². The number of esters is 1. The van der Waals surface area contributed by atoms with Crippen molar-refractivity contribution in [2.75, 3.05) is 4.90 Å². The quantitative estimate of drug-likeness (QED) is 0.297. The number of carbonyl (C=O) groups excluding carboxylic acids is 1. The number of aromatic nitrogens is 1. The molecule has 2 unspecified atom stereocenters. The summed E-state index contributed by atoms with van der Waals surface area (Å²) in [6.07, 6.45) is 3.48. The van der Waals surface area contributed by atoms with E-state index in [4.69, 9.17) is 26.0 Å². The van der Waals surface area contributed by atoms with Gasteiger partial charge in [-0.1, -0.05) is 22.8 Å². The molecule has 6 rings (SSSR count). The first-order valence-electron chi connectivity index (χ1n) is 13.0. The number of halogens is 4. The van der Waals surface area contributed by atoms with Crippen LogP contribution in [-0.2, 0) is 4.74 Å². The Kier molecular flexibility index (Phi) is 6.85. The summed E-state index contributed by atoms with van der Waals surface area (Å²) in [5.74, 6) is -2.48. The van der Waals surface area contributed by atoms with E-state index in [1.165, 1.54) is 30.3 Å². The summed E-state index contributed by atoms with van der Waals surface area (Å²) in [5, 5.41) is 13.3. The van der Waals surface area contributed by atoms with Crippen LogP contribution >= 0.6 is 11.6 Å². The van der Waals surface area contributed by atoms with Crippen molar-refractivity contribution >= 4 is 29.2 Å². The highest BCUT2D eigenvalue weighted by atomic mass is 35.5. The Morgan fingerprint density at radius 1 is 1.10 bits per heavy atom. The molecule has 12 heteroatoms. The van der Waals surface area contributed by atoms with E-state index in [0.29, 0.717) is 24.3 Å². The number of anilines is 1. The fourth-order valence-electron chi connectivity index (χ4n) is 5.90. The number of carboxylic acids is 1. The van der Waals surface area contributed by atoms with Gasteiger partial charge in [-0.2, -0.15) is 8.78 Å². The maximum Gasteiger partial charge on any atom is 0.387 e. The van der Waals surface area contributed by atoms with Gasteiger partial charge in [0, 0.05) is 30.8 Å². The van der Waals surface area contributed by atoms with Crippen molar-refractivity contribution < 1.29 is 41.9 Å². The van der Waals surface area contributed by atoms with Crippen molar-refractivity contribution in [2.24, 2.45) is 0 Å². The Hall–Kier alpha value is -3.73. The van der Waals surface area contributed by atoms with E-state index in [9.17, 15) is 22.8 Å². The molecule has 1 aliphatic carbocycles. The number of aromatic carboxylic acids is 1. The van der Waals surface area contributed by atoms with Gasteiger partial charge in [0.05, 0.1) is 21.8 Å². The Bertz CT molecular complexity index is 1460. The van der Waals surface area contributed by atoms with E-state index in [2.05, 4.69) is 9.89 Å². The third-order valence-corrected chi connectivity index (χ3v) is 8.05.